The largest absolute Gasteiger partial charge is 0.380 e. The van der Waals surface area contributed by atoms with Crippen molar-refractivity contribution in [3.63, 3.8) is 0 Å². The van der Waals surface area contributed by atoms with Crippen LogP contribution in [0.2, 0.25) is 0 Å². The Labute approximate surface area is 192 Å². The Hall–Kier alpha value is -3.71. The van der Waals surface area contributed by atoms with E-state index in [1.807, 2.05) is 43.4 Å². The number of anilines is 1. The van der Waals surface area contributed by atoms with E-state index in [4.69, 9.17) is 10.2 Å². The predicted molar refractivity (Wildman–Crippen MR) is 130 cm³/mol. The van der Waals surface area contributed by atoms with Gasteiger partial charge in [-0.25, -0.2) is 10.5 Å². The summed E-state index contributed by atoms with van der Waals surface area (Å²) in [6.45, 7) is 4.47. The minimum absolute atomic E-state index is 0.0752. The molecular formula is C26H28N4O3. The van der Waals surface area contributed by atoms with Crippen LogP contribution >= 0.6 is 0 Å². The van der Waals surface area contributed by atoms with Crippen LogP contribution in [-0.2, 0) is 6.54 Å². The van der Waals surface area contributed by atoms with E-state index in [0.29, 0.717) is 34.6 Å². The van der Waals surface area contributed by atoms with Crippen molar-refractivity contribution in [2.24, 2.45) is 0 Å². The number of aromatic nitrogens is 2. The summed E-state index contributed by atoms with van der Waals surface area (Å²) >= 11 is 0. The Balaban J connectivity index is 1.72. The van der Waals surface area contributed by atoms with Crippen molar-refractivity contribution in [3.05, 3.63) is 88.0 Å². The van der Waals surface area contributed by atoms with Crippen LogP contribution in [0.15, 0.2) is 65.5 Å². The molecule has 7 nitrogen and oxygen atoms in total. The molecule has 0 radical (unpaired) electrons. The van der Waals surface area contributed by atoms with Crippen LogP contribution in [0.5, 0.6) is 0 Å². The molecule has 1 amide bonds. The van der Waals surface area contributed by atoms with Crippen LogP contribution in [0.25, 0.3) is 16.6 Å². The number of carbonyl (C=O) groups excluding carboxylic acids is 1. The highest BCUT2D eigenvalue weighted by molar-refractivity contribution is 5.93. The molecule has 0 spiro atoms. The van der Waals surface area contributed by atoms with Crippen molar-refractivity contribution in [1.29, 1.82) is 0 Å². The molecule has 0 bridgehead atoms. The van der Waals surface area contributed by atoms with Gasteiger partial charge in [0, 0.05) is 29.4 Å². The number of nitrogens with zero attached hydrogens (tertiary/aromatic N) is 2. The molecule has 1 fully saturated rings. The molecular weight excluding hydrogens is 416 g/mol. The first-order valence-corrected chi connectivity index (χ1v) is 11.2. The summed E-state index contributed by atoms with van der Waals surface area (Å²) < 4.78 is 1.76. The molecule has 170 valence electrons. The average molecular weight is 445 g/mol. The van der Waals surface area contributed by atoms with E-state index in [1.165, 1.54) is 0 Å². The molecule has 7 heteroatoms. The maximum atomic E-state index is 13.8. The van der Waals surface area contributed by atoms with Gasteiger partial charge in [-0.15, -0.1) is 0 Å². The average Bonchev–Trinajstić information content (AvgIpc) is 3.69. The van der Waals surface area contributed by atoms with Gasteiger partial charge in [0.05, 0.1) is 10.9 Å². The van der Waals surface area contributed by atoms with E-state index >= 15 is 0 Å². The quantitative estimate of drug-likeness (QED) is 0.263. The van der Waals surface area contributed by atoms with E-state index in [0.717, 1.165) is 36.3 Å². The Bertz CT molecular complexity index is 1290. The van der Waals surface area contributed by atoms with Gasteiger partial charge in [-0.1, -0.05) is 37.3 Å². The molecule has 1 heterocycles. The van der Waals surface area contributed by atoms with E-state index in [-0.39, 0.29) is 5.56 Å². The zero-order valence-electron chi connectivity index (χ0n) is 18.8. The third kappa shape index (κ3) is 4.73. The van der Waals surface area contributed by atoms with E-state index in [1.54, 1.807) is 34.3 Å². The zero-order chi connectivity index (χ0) is 23.4. The van der Waals surface area contributed by atoms with Crippen molar-refractivity contribution in [2.45, 2.75) is 45.6 Å². The van der Waals surface area contributed by atoms with Crippen molar-refractivity contribution in [2.75, 3.05) is 5.32 Å². The van der Waals surface area contributed by atoms with Crippen LogP contribution < -0.4 is 16.4 Å². The second kappa shape index (κ2) is 9.83. The third-order valence-corrected chi connectivity index (χ3v) is 5.74. The normalized spacial score (nSPS) is 14.1. The number of fused-ring (bicyclic) bond motifs is 1. The van der Waals surface area contributed by atoms with Crippen molar-refractivity contribution in [3.8, 4) is 0 Å². The molecule has 4 rings (SSSR count). The maximum Gasteiger partial charge on any atom is 0.274 e. The monoisotopic (exact) mass is 444 g/mol. The third-order valence-electron chi connectivity index (χ3n) is 5.74. The number of benzene rings is 2. The number of hydroxylamine groups is 1. The first kappa shape index (κ1) is 22.5. The van der Waals surface area contributed by atoms with Gasteiger partial charge in [0.2, 0.25) is 0 Å². The van der Waals surface area contributed by atoms with Gasteiger partial charge in [0.1, 0.15) is 5.82 Å². The maximum absolute atomic E-state index is 13.8. The highest BCUT2D eigenvalue weighted by atomic mass is 16.5. The molecule has 0 saturated heterocycles. The van der Waals surface area contributed by atoms with Crippen molar-refractivity contribution in [1.82, 2.24) is 15.0 Å². The SMILES string of the molecule is C/C=C(\C=C/CC)n1c(C2CC2)nc2cccc(NCc3ccc(C(=O)NO)cc3)c2c1=O. The number of rotatable bonds is 8. The number of allylic oxidation sites excluding steroid dienone is 4. The van der Waals surface area contributed by atoms with Crippen LogP contribution in [0, 0.1) is 0 Å². The van der Waals surface area contributed by atoms with Crippen LogP contribution in [0.1, 0.15) is 60.8 Å². The Morgan fingerprint density at radius 3 is 2.61 bits per heavy atom. The van der Waals surface area contributed by atoms with Crippen LogP contribution in [-0.4, -0.2) is 20.7 Å². The standard InChI is InChI=1S/C26H28N4O3/c1-3-5-7-20(4-2)30-24(18-14-15-18)28-22-9-6-8-21(23(22)26(30)32)27-16-17-10-12-19(13-11-17)25(31)29-33/h4-13,18,27,33H,3,14-16H2,1-2H3,(H,29,31)/b7-5-,20-4+. The topological polar surface area (TPSA) is 96.2 Å². The smallest absolute Gasteiger partial charge is 0.274 e. The molecule has 2 aromatic carbocycles. The first-order chi connectivity index (χ1) is 16.1. The lowest BCUT2D eigenvalue weighted by molar-refractivity contribution is 0.0706. The molecule has 3 N–H and O–H groups in total. The summed E-state index contributed by atoms with van der Waals surface area (Å²) in [5.74, 6) is 0.591. The molecule has 1 aromatic heterocycles. The minimum Gasteiger partial charge on any atom is -0.380 e. The number of carbonyl (C=O) groups is 1. The fourth-order valence-corrected chi connectivity index (χ4v) is 3.83. The lowest BCUT2D eigenvalue weighted by atomic mass is 10.1. The Morgan fingerprint density at radius 2 is 1.97 bits per heavy atom. The summed E-state index contributed by atoms with van der Waals surface area (Å²) in [7, 11) is 0. The molecule has 0 unspecified atom stereocenters. The Kier molecular flexibility index (Phi) is 6.70. The molecule has 0 aliphatic heterocycles. The van der Waals surface area contributed by atoms with Crippen LogP contribution in [0.4, 0.5) is 5.69 Å². The van der Waals surface area contributed by atoms with Gasteiger partial charge >= 0.3 is 0 Å². The zero-order valence-corrected chi connectivity index (χ0v) is 18.8. The summed E-state index contributed by atoms with van der Waals surface area (Å²) in [6.07, 6.45) is 8.97. The molecule has 1 aliphatic carbocycles. The van der Waals surface area contributed by atoms with E-state index < -0.39 is 5.91 Å². The van der Waals surface area contributed by atoms with Crippen LogP contribution in [0.3, 0.4) is 0 Å². The van der Waals surface area contributed by atoms with Gasteiger partial charge in [-0.2, -0.15) is 0 Å². The second-order valence-corrected chi connectivity index (χ2v) is 8.10. The summed E-state index contributed by atoms with van der Waals surface area (Å²) in [4.78, 5) is 30.2. The van der Waals surface area contributed by atoms with Gasteiger partial charge in [-0.3, -0.25) is 19.4 Å². The predicted octanol–water partition coefficient (Wildman–Crippen LogP) is 4.83. The lowest BCUT2D eigenvalue weighted by Gasteiger charge is -2.16. The second-order valence-electron chi connectivity index (χ2n) is 8.10. The van der Waals surface area contributed by atoms with Crippen molar-refractivity contribution >= 4 is 28.2 Å². The minimum atomic E-state index is -0.557. The fourth-order valence-electron chi connectivity index (χ4n) is 3.83. The van der Waals surface area contributed by atoms with Gasteiger partial charge in [-0.05, 0) is 62.1 Å². The molecule has 1 aliphatic rings. The van der Waals surface area contributed by atoms with E-state index in [2.05, 4.69) is 12.2 Å². The molecule has 0 atom stereocenters. The summed E-state index contributed by atoms with van der Waals surface area (Å²) in [6, 6.07) is 12.6. The van der Waals surface area contributed by atoms with Gasteiger partial charge < -0.3 is 5.32 Å². The molecule has 33 heavy (non-hydrogen) atoms. The first-order valence-electron chi connectivity index (χ1n) is 11.2. The fraction of sp³-hybridized carbons (Fsp3) is 0.269. The summed E-state index contributed by atoms with van der Waals surface area (Å²) in [5, 5.41) is 12.7. The highest BCUT2D eigenvalue weighted by Crippen LogP contribution is 2.40. The van der Waals surface area contributed by atoms with Crippen molar-refractivity contribution < 1.29 is 10.0 Å². The molecule has 1 saturated carbocycles. The summed E-state index contributed by atoms with van der Waals surface area (Å²) in [5.41, 5.74) is 5.09. The number of hydrogen-bond donors (Lipinski definition) is 3. The lowest BCUT2D eigenvalue weighted by Crippen LogP contribution is -2.25. The van der Waals surface area contributed by atoms with Gasteiger partial charge in [0.15, 0.2) is 0 Å². The highest BCUT2D eigenvalue weighted by Gasteiger charge is 2.30. The van der Waals surface area contributed by atoms with Gasteiger partial charge in [0.25, 0.3) is 11.5 Å². The number of hydrogen-bond acceptors (Lipinski definition) is 5. The van der Waals surface area contributed by atoms with E-state index in [9.17, 15) is 9.59 Å². The number of amides is 1. The Morgan fingerprint density at radius 1 is 1.21 bits per heavy atom. The molecule has 3 aromatic rings. The number of nitrogens with one attached hydrogen (secondary N) is 2.